The van der Waals surface area contributed by atoms with Gasteiger partial charge in [-0.05, 0) is 0 Å². The standard InChI is InChI=1S/C18H23N9O10S2/c19-15(20)22-3-7-4-26(17(32)36-7)5-9-11(13(29)27(9)39(33,34)35)24-12(28)10(8-6-38-16(21)23-8)25-37-18(1-2-18)14(30)31/h6-7,9,11H,1-5H2,(H2,21,23)(H,24,28)(H,30,31)(H4,19,20,22)(H,33,34,35)/b25-10-/t7?,9-,11+/m1/s1. The summed E-state index contributed by atoms with van der Waals surface area (Å²) in [5.41, 5.74) is 13.9. The largest absolute Gasteiger partial charge is 0.478 e. The molecular formula is C18H23N9O10S2. The van der Waals surface area contributed by atoms with Gasteiger partial charge in [0.05, 0.1) is 19.1 Å². The highest BCUT2D eigenvalue weighted by molar-refractivity contribution is 7.84. The number of nitrogens with zero attached hydrogens (tertiary/aromatic N) is 5. The van der Waals surface area contributed by atoms with E-state index in [-0.39, 0.29) is 47.0 Å². The fourth-order valence-corrected chi connectivity index (χ4v) is 5.21. The number of carbonyl (C=O) groups is 4. The monoisotopic (exact) mass is 589 g/mol. The van der Waals surface area contributed by atoms with Gasteiger partial charge in [0.15, 0.2) is 16.8 Å². The molecule has 3 atom stereocenters. The van der Waals surface area contributed by atoms with Gasteiger partial charge in [0, 0.05) is 24.8 Å². The zero-order valence-electron chi connectivity index (χ0n) is 19.8. The third kappa shape index (κ3) is 5.78. The predicted octanol–water partition coefficient (Wildman–Crippen LogP) is -3.34. The van der Waals surface area contributed by atoms with E-state index in [0.29, 0.717) is 0 Å². The van der Waals surface area contributed by atoms with Crippen molar-refractivity contribution in [1.29, 1.82) is 0 Å². The average molecular weight is 590 g/mol. The minimum atomic E-state index is -5.08. The summed E-state index contributed by atoms with van der Waals surface area (Å²) in [4.78, 5) is 63.3. The molecule has 212 valence electrons. The van der Waals surface area contributed by atoms with Crippen LogP contribution in [-0.2, 0) is 34.3 Å². The maximum absolute atomic E-state index is 13.1. The van der Waals surface area contributed by atoms with E-state index in [4.69, 9.17) is 26.8 Å². The minimum Gasteiger partial charge on any atom is -0.478 e. The molecule has 0 aromatic carbocycles. The van der Waals surface area contributed by atoms with Gasteiger partial charge in [-0.3, -0.25) is 14.1 Å². The quantitative estimate of drug-likeness (QED) is 0.0483. The van der Waals surface area contributed by atoms with Crippen LogP contribution in [0.15, 0.2) is 15.5 Å². The molecule has 1 aliphatic carbocycles. The van der Waals surface area contributed by atoms with E-state index in [1.165, 1.54) is 5.38 Å². The number of carboxylic acid groups (broad SMARTS) is 1. The van der Waals surface area contributed by atoms with Crippen molar-refractivity contribution in [3.63, 3.8) is 0 Å². The van der Waals surface area contributed by atoms with Gasteiger partial charge in [-0.1, -0.05) is 5.16 Å². The van der Waals surface area contributed by atoms with Crippen molar-refractivity contribution in [2.24, 2.45) is 21.6 Å². The maximum Gasteiger partial charge on any atom is 0.410 e. The van der Waals surface area contributed by atoms with E-state index in [1.807, 2.05) is 0 Å². The Labute approximate surface area is 223 Å². The molecule has 21 heteroatoms. The number of rotatable bonds is 11. The Kier molecular flexibility index (Phi) is 7.23. The predicted molar refractivity (Wildman–Crippen MR) is 130 cm³/mol. The molecule has 4 rings (SSSR count). The van der Waals surface area contributed by atoms with Crippen molar-refractivity contribution >= 4 is 62.3 Å². The minimum absolute atomic E-state index is 0.0443. The first-order valence-corrected chi connectivity index (χ1v) is 13.3. The van der Waals surface area contributed by atoms with Gasteiger partial charge in [0.1, 0.15) is 17.8 Å². The zero-order valence-corrected chi connectivity index (χ0v) is 21.4. The molecule has 3 aliphatic rings. The highest BCUT2D eigenvalue weighted by Crippen LogP contribution is 2.40. The van der Waals surface area contributed by atoms with Gasteiger partial charge < -0.3 is 42.1 Å². The van der Waals surface area contributed by atoms with Crippen LogP contribution in [0.5, 0.6) is 0 Å². The number of oxime groups is 1. The number of carboxylic acids is 1. The van der Waals surface area contributed by atoms with Crippen molar-refractivity contribution in [3.8, 4) is 0 Å². The lowest BCUT2D eigenvalue weighted by molar-refractivity contribution is -0.153. The Balaban J connectivity index is 1.54. The van der Waals surface area contributed by atoms with Crippen LogP contribution < -0.4 is 22.5 Å². The van der Waals surface area contributed by atoms with E-state index < -0.39 is 70.2 Å². The lowest BCUT2D eigenvalue weighted by Crippen LogP contribution is -2.74. The number of ether oxygens (including phenoxy) is 1. The number of nitrogen functional groups attached to an aromatic ring is 1. The average Bonchev–Trinajstić information content (AvgIpc) is 3.39. The molecule has 1 aromatic rings. The van der Waals surface area contributed by atoms with Crippen molar-refractivity contribution < 1.29 is 46.8 Å². The van der Waals surface area contributed by atoms with Gasteiger partial charge in [0.25, 0.3) is 11.8 Å². The molecule has 3 fully saturated rings. The number of carbonyl (C=O) groups excluding carboxylic acids is 3. The third-order valence-corrected chi connectivity index (χ3v) is 7.55. The van der Waals surface area contributed by atoms with Crippen LogP contribution >= 0.6 is 11.3 Å². The number of amides is 3. The Morgan fingerprint density at radius 2 is 2.03 bits per heavy atom. The van der Waals surface area contributed by atoms with E-state index in [2.05, 4.69) is 20.4 Å². The number of anilines is 1. The first kappa shape index (κ1) is 27.8. The van der Waals surface area contributed by atoms with Crippen LogP contribution in [0.2, 0.25) is 0 Å². The number of aliphatic imine (C=N–C) groups is 1. The normalized spacial score (nSPS) is 24.0. The van der Waals surface area contributed by atoms with Crippen LogP contribution in [0.3, 0.4) is 0 Å². The van der Waals surface area contributed by atoms with Crippen molar-refractivity contribution in [3.05, 3.63) is 11.1 Å². The molecule has 3 heterocycles. The van der Waals surface area contributed by atoms with Crippen LogP contribution in [0.1, 0.15) is 18.5 Å². The van der Waals surface area contributed by atoms with Gasteiger partial charge in [-0.15, -0.1) is 11.3 Å². The zero-order chi connectivity index (χ0) is 28.7. The summed E-state index contributed by atoms with van der Waals surface area (Å²) in [6, 6.07) is -3.00. The summed E-state index contributed by atoms with van der Waals surface area (Å²) in [5.74, 6) is -3.83. The van der Waals surface area contributed by atoms with Gasteiger partial charge in [0.2, 0.25) is 5.60 Å². The lowest BCUT2D eigenvalue weighted by Gasteiger charge is -2.45. The maximum atomic E-state index is 13.1. The molecule has 1 aromatic heterocycles. The summed E-state index contributed by atoms with van der Waals surface area (Å²) in [6.45, 7) is -0.636. The van der Waals surface area contributed by atoms with E-state index >= 15 is 0 Å². The van der Waals surface area contributed by atoms with Crippen LogP contribution in [0.25, 0.3) is 0 Å². The second kappa shape index (κ2) is 10.1. The lowest BCUT2D eigenvalue weighted by atomic mass is 9.97. The van der Waals surface area contributed by atoms with E-state index in [9.17, 15) is 37.3 Å². The number of guanidine groups is 1. The number of β-lactam (4-membered cyclic amide) rings is 1. The third-order valence-electron chi connectivity index (χ3n) is 5.92. The second-order valence-corrected chi connectivity index (χ2v) is 10.9. The van der Waals surface area contributed by atoms with E-state index in [1.54, 1.807) is 0 Å². The first-order valence-electron chi connectivity index (χ1n) is 11.1. The number of thiazole rings is 1. The van der Waals surface area contributed by atoms with Crippen LogP contribution in [-0.4, -0.2) is 111 Å². The summed E-state index contributed by atoms with van der Waals surface area (Å²) < 4.78 is 38.5. The topological polar surface area (TPSA) is 296 Å². The summed E-state index contributed by atoms with van der Waals surface area (Å²) in [7, 11) is -5.08. The van der Waals surface area contributed by atoms with Gasteiger partial charge in [-0.2, -0.15) is 8.42 Å². The number of hydrogen-bond donors (Lipinski definition) is 6. The molecular weight excluding hydrogens is 566 g/mol. The molecule has 0 radical (unpaired) electrons. The van der Waals surface area contributed by atoms with Gasteiger partial charge in [-0.25, -0.2) is 23.9 Å². The fourth-order valence-electron chi connectivity index (χ4n) is 3.79. The Morgan fingerprint density at radius 1 is 1.33 bits per heavy atom. The Hall–Kier alpha value is -4.24. The summed E-state index contributed by atoms with van der Waals surface area (Å²) in [6.07, 6.45) is -1.37. The van der Waals surface area contributed by atoms with Crippen LogP contribution in [0.4, 0.5) is 9.93 Å². The first-order chi connectivity index (χ1) is 18.2. The molecule has 2 aliphatic heterocycles. The molecule has 9 N–H and O–H groups in total. The molecule has 1 unspecified atom stereocenters. The second-order valence-electron chi connectivity index (χ2n) is 8.71. The molecule has 3 amide bonds. The fraction of sp³-hybridized carbons (Fsp3) is 0.500. The Bertz CT molecular complexity index is 1370. The summed E-state index contributed by atoms with van der Waals surface area (Å²) >= 11 is 0.940. The highest BCUT2D eigenvalue weighted by atomic mass is 32.2. The van der Waals surface area contributed by atoms with Crippen molar-refractivity contribution in [1.82, 2.24) is 19.5 Å². The van der Waals surface area contributed by atoms with E-state index in [0.717, 1.165) is 16.2 Å². The molecule has 1 saturated carbocycles. The van der Waals surface area contributed by atoms with Crippen molar-refractivity contribution in [2.75, 3.05) is 25.4 Å². The molecule has 0 bridgehead atoms. The van der Waals surface area contributed by atoms with Crippen molar-refractivity contribution in [2.45, 2.75) is 36.6 Å². The molecule has 0 spiro atoms. The number of hydrogen-bond acceptors (Lipinski definition) is 13. The van der Waals surface area contributed by atoms with Gasteiger partial charge >= 0.3 is 22.4 Å². The number of nitrogens with two attached hydrogens (primary N) is 3. The molecule has 39 heavy (non-hydrogen) atoms. The molecule has 2 saturated heterocycles. The number of aromatic nitrogens is 1. The molecule has 19 nitrogen and oxygen atoms in total. The van der Waals surface area contributed by atoms with Crippen LogP contribution in [0, 0.1) is 0 Å². The number of aliphatic carboxylic acids is 1. The number of cyclic esters (lactones) is 1. The Morgan fingerprint density at radius 3 is 2.56 bits per heavy atom. The number of nitrogens with one attached hydrogen (secondary N) is 1. The SMILES string of the molecule is NC(N)=NCC1CN(C[C@@H]2[C@H](NC(=O)/C(=N\OC3(C(=O)O)CC3)c3csc(N)n3)C(=O)N2S(=O)(=O)O)C(=O)O1. The smallest absolute Gasteiger partial charge is 0.410 e. The summed E-state index contributed by atoms with van der Waals surface area (Å²) in [5, 5.41) is 16.6. The highest BCUT2D eigenvalue weighted by Gasteiger charge is 2.56.